The van der Waals surface area contributed by atoms with E-state index >= 15 is 0 Å². The van der Waals surface area contributed by atoms with Crippen molar-refractivity contribution in [2.24, 2.45) is 0 Å². The Bertz CT molecular complexity index is 195. The van der Waals surface area contributed by atoms with Gasteiger partial charge in [-0.05, 0) is 18.1 Å². The fourth-order valence-electron chi connectivity index (χ4n) is 1.90. The lowest BCUT2D eigenvalue weighted by molar-refractivity contribution is 0.245. The standard InChI is InChI=1S/C10H22F4OSi2/c1-4-16(5-2)15-17(6-3,9(13)7-11)10(14)8-12/h9-10,16H,4-8H2,1-3H3. The summed E-state index contributed by atoms with van der Waals surface area (Å²) in [7, 11) is -5.33. The van der Waals surface area contributed by atoms with Crippen molar-refractivity contribution in [3.8, 4) is 0 Å². The van der Waals surface area contributed by atoms with Gasteiger partial charge in [0.2, 0.25) is 0 Å². The molecule has 1 nitrogen and oxygen atoms in total. The molecule has 0 aromatic rings. The van der Waals surface area contributed by atoms with Crippen LogP contribution in [0.3, 0.4) is 0 Å². The van der Waals surface area contributed by atoms with Crippen molar-refractivity contribution in [3.05, 3.63) is 0 Å². The molecule has 0 aromatic heterocycles. The molecule has 2 atom stereocenters. The quantitative estimate of drug-likeness (QED) is 0.467. The van der Waals surface area contributed by atoms with Crippen molar-refractivity contribution < 1.29 is 21.7 Å². The second-order valence-corrected chi connectivity index (χ2v) is 11.8. The maximum Gasteiger partial charge on any atom is 0.256 e. The second kappa shape index (κ2) is 8.26. The molecule has 0 aliphatic carbocycles. The molecule has 7 heteroatoms. The van der Waals surface area contributed by atoms with Crippen molar-refractivity contribution in [2.45, 2.75) is 50.5 Å². The molecule has 0 bridgehead atoms. The summed E-state index contributed by atoms with van der Waals surface area (Å²) in [5.41, 5.74) is 0. The van der Waals surface area contributed by atoms with E-state index in [0.29, 0.717) is 0 Å². The first kappa shape index (κ1) is 17.1. The number of hydrogen-bond acceptors (Lipinski definition) is 1. The van der Waals surface area contributed by atoms with Gasteiger partial charge in [-0.3, -0.25) is 0 Å². The van der Waals surface area contributed by atoms with Crippen molar-refractivity contribution >= 4 is 17.4 Å². The van der Waals surface area contributed by atoms with Crippen LogP contribution in [-0.2, 0) is 4.12 Å². The smallest absolute Gasteiger partial charge is 0.256 e. The monoisotopic (exact) mass is 290 g/mol. The minimum Gasteiger partial charge on any atom is -0.454 e. The lowest BCUT2D eigenvalue weighted by Crippen LogP contribution is -2.60. The second-order valence-electron chi connectivity index (χ2n) is 4.11. The van der Waals surface area contributed by atoms with Crippen LogP contribution in [0.1, 0.15) is 20.8 Å². The molecule has 17 heavy (non-hydrogen) atoms. The van der Waals surface area contributed by atoms with Crippen LogP contribution in [0.25, 0.3) is 0 Å². The van der Waals surface area contributed by atoms with E-state index in [2.05, 4.69) is 0 Å². The summed E-state index contributed by atoms with van der Waals surface area (Å²) in [6.45, 7) is 2.78. The zero-order valence-corrected chi connectivity index (χ0v) is 12.8. The van der Waals surface area contributed by atoms with Gasteiger partial charge in [0.1, 0.15) is 24.9 Å². The van der Waals surface area contributed by atoms with Crippen molar-refractivity contribution in [1.29, 1.82) is 0 Å². The van der Waals surface area contributed by atoms with E-state index in [4.69, 9.17) is 4.12 Å². The number of alkyl halides is 4. The van der Waals surface area contributed by atoms with Gasteiger partial charge in [-0.2, -0.15) is 0 Å². The molecular weight excluding hydrogens is 268 g/mol. The van der Waals surface area contributed by atoms with Crippen LogP contribution in [0.15, 0.2) is 0 Å². The SMILES string of the molecule is CC[SiH](CC)O[Si](CC)(C(F)CF)C(F)CF. The van der Waals surface area contributed by atoms with Gasteiger partial charge >= 0.3 is 0 Å². The first-order chi connectivity index (χ1) is 8.02. The maximum absolute atomic E-state index is 13.7. The van der Waals surface area contributed by atoms with Crippen LogP contribution in [0, 0.1) is 0 Å². The van der Waals surface area contributed by atoms with Gasteiger partial charge in [0.25, 0.3) is 8.32 Å². The molecule has 0 aliphatic rings. The fraction of sp³-hybridized carbons (Fsp3) is 1.00. The summed E-state index contributed by atoms with van der Waals surface area (Å²) in [5.74, 6) is -3.93. The minimum absolute atomic E-state index is 0.0761. The molecule has 0 aliphatic heterocycles. The van der Waals surface area contributed by atoms with Gasteiger partial charge < -0.3 is 4.12 Å². The number of halogens is 4. The van der Waals surface area contributed by atoms with Crippen LogP contribution in [0.5, 0.6) is 0 Å². The molecule has 0 rings (SSSR count). The summed E-state index contributed by atoms with van der Waals surface area (Å²) in [4.78, 5) is 0. The average molecular weight is 290 g/mol. The van der Waals surface area contributed by atoms with Gasteiger partial charge in [-0.1, -0.05) is 20.8 Å². The Balaban J connectivity index is 5.03. The Kier molecular flexibility index (Phi) is 8.31. The van der Waals surface area contributed by atoms with Crippen LogP contribution < -0.4 is 0 Å². The van der Waals surface area contributed by atoms with E-state index in [1.54, 1.807) is 6.92 Å². The predicted molar refractivity (Wildman–Crippen MR) is 67.2 cm³/mol. The third-order valence-corrected chi connectivity index (χ3v) is 11.6. The summed E-state index contributed by atoms with van der Waals surface area (Å²) >= 11 is 0. The summed E-state index contributed by atoms with van der Waals surface area (Å²) in [6.07, 6.45) is 0. The Morgan fingerprint density at radius 1 is 1.00 bits per heavy atom. The molecule has 0 aromatic carbocycles. The zero-order valence-electron chi connectivity index (χ0n) is 10.7. The lowest BCUT2D eigenvalue weighted by Gasteiger charge is -2.37. The fourth-order valence-corrected chi connectivity index (χ4v) is 9.94. The largest absolute Gasteiger partial charge is 0.454 e. The first-order valence-electron chi connectivity index (χ1n) is 6.10. The van der Waals surface area contributed by atoms with Crippen LogP contribution in [0.4, 0.5) is 17.6 Å². The summed E-state index contributed by atoms with van der Waals surface area (Å²) in [6, 6.07) is 1.53. The zero-order chi connectivity index (χ0) is 13.5. The molecule has 0 saturated carbocycles. The van der Waals surface area contributed by atoms with E-state index in [0.717, 1.165) is 12.1 Å². The molecule has 2 unspecified atom stereocenters. The molecule has 0 heterocycles. The number of hydrogen-bond donors (Lipinski definition) is 0. The number of rotatable bonds is 9. The average Bonchev–Trinajstić information content (AvgIpc) is 2.39. The maximum atomic E-state index is 13.7. The predicted octanol–water partition coefficient (Wildman–Crippen LogP) is 3.43. The Labute approximate surface area is 103 Å². The minimum atomic E-state index is -3.60. The molecular formula is C10H22F4OSi2. The first-order valence-corrected chi connectivity index (χ1v) is 10.5. The molecule has 0 N–H and O–H groups in total. The van der Waals surface area contributed by atoms with E-state index < -0.39 is 42.3 Å². The van der Waals surface area contributed by atoms with Crippen molar-refractivity contribution in [3.63, 3.8) is 0 Å². The van der Waals surface area contributed by atoms with E-state index in [9.17, 15) is 17.6 Å². The van der Waals surface area contributed by atoms with Gasteiger partial charge in [-0.25, -0.2) is 17.6 Å². The van der Waals surface area contributed by atoms with E-state index in [-0.39, 0.29) is 6.04 Å². The molecule has 0 spiro atoms. The molecule has 0 fully saturated rings. The van der Waals surface area contributed by atoms with Crippen LogP contribution in [0.2, 0.25) is 18.1 Å². The van der Waals surface area contributed by atoms with Gasteiger partial charge in [0.15, 0.2) is 9.04 Å². The molecule has 104 valence electrons. The Morgan fingerprint density at radius 2 is 1.41 bits per heavy atom. The normalized spacial score (nSPS) is 19.1. The molecule has 0 radical (unpaired) electrons. The van der Waals surface area contributed by atoms with Gasteiger partial charge in [-0.15, -0.1) is 0 Å². The topological polar surface area (TPSA) is 9.23 Å². The Hall–Kier alpha value is 0.114. The highest BCUT2D eigenvalue weighted by Gasteiger charge is 2.51. The summed E-state index contributed by atoms with van der Waals surface area (Å²) in [5, 5.41) is 0. The third-order valence-electron chi connectivity index (χ3n) is 3.18. The Morgan fingerprint density at radius 3 is 1.65 bits per heavy atom. The highest BCUT2D eigenvalue weighted by Crippen LogP contribution is 2.28. The lowest BCUT2D eigenvalue weighted by atomic mass is 10.8. The van der Waals surface area contributed by atoms with E-state index in [1.165, 1.54) is 0 Å². The van der Waals surface area contributed by atoms with Crippen LogP contribution in [-0.4, -0.2) is 42.3 Å². The van der Waals surface area contributed by atoms with E-state index in [1.807, 2.05) is 13.8 Å². The van der Waals surface area contributed by atoms with Crippen molar-refractivity contribution in [2.75, 3.05) is 13.3 Å². The highest BCUT2D eigenvalue weighted by atomic mass is 28.4. The third kappa shape index (κ3) is 4.06. The van der Waals surface area contributed by atoms with Crippen molar-refractivity contribution in [1.82, 2.24) is 0 Å². The molecule has 0 saturated heterocycles. The van der Waals surface area contributed by atoms with Crippen LogP contribution >= 0.6 is 0 Å². The molecule has 0 amide bonds. The van der Waals surface area contributed by atoms with Gasteiger partial charge in [0, 0.05) is 0 Å². The summed E-state index contributed by atoms with van der Waals surface area (Å²) < 4.78 is 58.1. The highest BCUT2D eigenvalue weighted by molar-refractivity contribution is 6.82. The van der Waals surface area contributed by atoms with Gasteiger partial charge in [0.05, 0.1) is 0 Å².